The third-order valence-electron chi connectivity index (χ3n) is 6.56. The van der Waals surface area contributed by atoms with E-state index < -0.39 is 0 Å². The van der Waals surface area contributed by atoms with E-state index in [0.29, 0.717) is 19.2 Å². The summed E-state index contributed by atoms with van der Waals surface area (Å²) in [7, 11) is 1.94. The molecule has 0 aliphatic carbocycles. The largest absolute Gasteiger partial charge is 0.370 e. The molecule has 2 aromatic rings. The van der Waals surface area contributed by atoms with E-state index in [0.717, 1.165) is 37.7 Å². The Morgan fingerprint density at radius 3 is 2.67 bits per heavy atom. The minimum Gasteiger partial charge on any atom is -0.370 e. The first kappa shape index (κ1) is 26.0. The second kappa shape index (κ2) is 12.7. The zero-order chi connectivity index (χ0) is 22.3. The van der Waals surface area contributed by atoms with Gasteiger partial charge in [0.15, 0.2) is 5.96 Å². The van der Waals surface area contributed by atoms with Gasteiger partial charge in [-0.25, -0.2) is 4.99 Å². The van der Waals surface area contributed by atoms with Crippen LogP contribution in [0.25, 0.3) is 0 Å². The molecule has 2 fully saturated rings. The number of rotatable bonds is 6. The predicted molar refractivity (Wildman–Crippen MR) is 144 cm³/mol. The summed E-state index contributed by atoms with van der Waals surface area (Å²) >= 11 is 0. The molecule has 0 radical (unpaired) electrons. The van der Waals surface area contributed by atoms with E-state index in [-0.39, 0.29) is 30.1 Å². The molecule has 8 heteroatoms. The number of aliphatic imine (C=N–C) groups is 1. The number of hydrogen-bond donors (Lipinski definition) is 1. The number of benzene rings is 1. The van der Waals surface area contributed by atoms with E-state index in [2.05, 4.69) is 58.3 Å². The molecule has 0 amide bonds. The lowest BCUT2D eigenvalue weighted by Crippen LogP contribution is -2.48. The summed E-state index contributed by atoms with van der Waals surface area (Å²) in [6.07, 6.45) is 7.97. The SMILES string of the molecule is CCNC(=NCc1ccc(CN2CCCCC2C)cc1)N1CCOC(c2cnn(C)c2)C1.I. The van der Waals surface area contributed by atoms with E-state index in [4.69, 9.17) is 9.73 Å². The predicted octanol–water partition coefficient (Wildman–Crippen LogP) is 3.95. The smallest absolute Gasteiger partial charge is 0.194 e. The average Bonchev–Trinajstić information content (AvgIpc) is 3.25. The number of nitrogens with one attached hydrogen (secondary N) is 1. The second-order valence-corrected chi connectivity index (χ2v) is 9.05. The van der Waals surface area contributed by atoms with Crippen LogP contribution in [-0.4, -0.2) is 64.4 Å². The van der Waals surface area contributed by atoms with Crippen molar-refractivity contribution in [1.29, 1.82) is 0 Å². The van der Waals surface area contributed by atoms with Crippen LogP contribution in [0, 0.1) is 0 Å². The maximum atomic E-state index is 6.00. The zero-order valence-corrected chi connectivity index (χ0v) is 22.6. The van der Waals surface area contributed by atoms with Crippen LogP contribution in [0.15, 0.2) is 41.7 Å². The fourth-order valence-corrected chi connectivity index (χ4v) is 4.62. The van der Waals surface area contributed by atoms with Gasteiger partial charge in [-0.15, -0.1) is 24.0 Å². The molecule has 2 unspecified atom stereocenters. The van der Waals surface area contributed by atoms with Gasteiger partial charge in [0, 0.05) is 44.5 Å². The third-order valence-corrected chi connectivity index (χ3v) is 6.56. The van der Waals surface area contributed by atoms with Crippen molar-refractivity contribution in [2.24, 2.45) is 12.0 Å². The Morgan fingerprint density at radius 2 is 1.97 bits per heavy atom. The van der Waals surface area contributed by atoms with Crippen molar-refractivity contribution in [3.05, 3.63) is 53.3 Å². The molecule has 4 rings (SSSR count). The number of aryl methyl sites for hydroxylation is 1. The quantitative estimate of drug-likeness (QED) is 0.326. The first-order valence-electron chi connectivity index (χ1n) is 12.1. The molecule has 2 saturated heterocycles. The van der Waals surface area contributed by atoms with Crippen LogP contribution in [0.5, 0.6) is 0 Å². The van der Waals surface area contributed by atoms with Crippen molar-refractivity contribution in [3.63, 3.8) is 0 Å². The fourth-order valence-electron chi connectivity index (χ4n) is 4.62. The van der Waals surface area contributed by atoms with Crippen LogP contribution in [-0.2, 0) is 24.9 Å². The average molecular weight is 567 g/mol. The van der Waals surface area contributed by atoms with Crippen LogP contribution < -0.4 is 5.32 Å². The molecule has 1 aromatic carbocycles. The first-order chi connectivity index (χ1) is 15.6. The second-order valence-electron chi connectivity index (χ2n) is 9.05. The first-order valence-corrected chi connectivity index (χ1v) is 12.1. The van der Waals surface area contributed by atoms with Crippen LogP contribution >= 0.6 is 24.0 Å². The molecule has 1 aromatic heterocycles. The summed E-state index contributed by atoms with van der Waals surface area (Å²) in [6.45, 7) is 10.6. The van der Waals surface area contributed by atoms with Gasteiger partial charge in [-0.1, -0.05) is 30.7 Å². The van der Waals surface area contributed by atoms with Gasteiger partial charge in [0.1, 0.15) is 6.10 Å². The van der Waals surface area contributed by atoms with E-state index in [1.807, 2.05) is 24.1 Å². The number of morpholine rings is 1. The Labute approximate surface area is 215 Å². The van der Waals surface area contributed by atoms with Crippen molar-refractivity contribution in [1.82, 2.24) is 24.9 Å². The molecule has 2 aliphatic heterocycles. The lowest BCUT2D eigenvalue weighted by atomic mass is 10.0. The highest BCUT2D eigenvalue weighted by molar-refractivity contribution is 14.0. The van der Waals surface area contributed by atoms with Crippen molar-refractivity contribution >= 4 is 29.9 Å². The number of piperidine rings is 1. The highest BCUT2D eigenvalue weighted by Crippen LogP contribution is 2.22. The van der Waals surface area contributed by atoms with Gasteiger partial charge in [-0.2, -0.15) is 5.10 Å². The number of likely N-dealkylation sites (tertiary alicyclic amines) is 1. The lowest BCUT2D eigenvalue weighted by molar-refractivity contribution is -0.00805. The molecule has 33 heavy (non-hydrogen) atoms. The van der Waals surface area contributed by atoms with Crippen molar-refractivity contribution in [3.8, 4) is 0 Å². The summed E-state index contributed by atoms with van der Waals surface area (Å²) in [4.78, 5) is 9.85. The minimum atomic E-state index is 0. The zero-order valence-electron chi connectivity index (χ0n) is 20.2. The maximum absolute atomic E-state index is 6.00. The molecule has 3 heterocycles. The Hall–Kier alpha value is -1.65. The van der Waals surface area contributed by atoms with Crippen molar-refractivity contribution in [2.75, 3.05) is 32.8 Å². The molecule has 182 valence electrons. The Bertz CT molecular complexity index is 883. The number of halogens is 1. The molecule has 7 nitrogen and oxygen atoms in total. The summed E-state index contributed by atoms with van der Waals surface area (Å²) in [5.74, 6) is 0.955. The Kier molecular flexibility index (Phi) is 10.0. The van der Waals surface area contributed by atoms with E-state index in [9.17, 15) is 0 Å². The van der Waals surface area contributed by atoms with E-state index in [1.165, 1.54) is 36.9 Å². The number of aromatic nitrogens is 2. The van der Waals surface area contributed by atoms with Crippen molar-refractivity contribution in [2.45, 2.75) is 58.3 Å². The Balaban J connectivity index is 0.00000306. The molecule has 2 atom stereocenters. The van der Waals surface area contributed by atoms with Crippen LogP contribution in [0.3, 0.4) is 0 Å². The monoisotopic (exact) mass is 566 g/mol. The van der Waals surface area contributed by atoms with Crippen molar-refractivity contribution < 1.29 is 4.74 Å². The number of nitrogens with zero attached hydrogens (tertiary/aromatic N) is 5. The summed E-state index contributed by atoms with van der Waals surface area (Å²) in [6, 6.07) is 9.70. The maximum Gasteiger partial charge on any atom is 0.194 e. The van der Waals surface area contributed by atoms with Gasteiger partial charge >= 0.3 is 0 Å². The normalized spacial score (nSPS) is 22.2. The van der Waals surface area contributed by atoms with Crippen LogP contribution in [0.2, 0.25) is 0 Å². The number of hydrogen-bond acceptors (Lipinski definition) is 4. The van der Waals surface area contributed by atoms with E-state index in [1.54, 1.807) is 0 Å². The fraction of sp³-hybridized carbons (Fsp3) is 0.600. The molecular weight excluding hydrogens is 527 g/mol. The number of guanidine groups is 1. The van der Waals surface area contributed by atoms with Gasteiger partial charge < -0.3 is 15.0 Å². The summed E-state index contributed by atoms with van der Waals surface area (Å²) in [5, 5.41) is 7.75. The Morgan fingerprint density at radius 1 is 1.18 bits per heavy atom. The molecule has 0 spiro atoms. The third kappa shape index (κ3) is 7.16. The standard InChI is InChI=1S/C25H38N6O.HI/c1-4-26-25(31-13-14-32-24(19-31)23-16-28-29(3)18-23)27-15-21-8-10-22(11-9-21)17-30-12-6-5-7-20(30)2;/h8-11,16,18,20,24H,4-7,12-15,17,19H2,1-3H3,(H,26,27);1H. The van der Waals surface area contributed by atoms with Crippen LogP contribution in [0.1, 0.15) is 55.9 Å². The van der Waals surface area contributed by atoms with E-state index >= 15 is 0 Å². The highest BCUT2D eigenvalue weighted by atomic mass is 127. The molecule has 0 saturated carbocycles. The minimum absolute atomic E-state index is 0. The van der Waals surface area contributed by atoms with Crippen LogP contribution in [0.4, 0.5) is 0 Å². The highest BCUT2D eigenvalue weighted by Gasteiger charge is 2.25. The molecular formula is C25H39IN6O. The molecule has 2 aliphatic rings. The molecule has 0 bridgehead atoms. The van der Waals surface area contributed by atoms with Gasteiger partial charge in [-0.05, 0) is 44.4 Å². The lowest BCUT2D eigenvalue weighted by Gasteiger charge is -2.34. The number of ether oxygens (including phenoxy) is 1. The topological polar surface area (TPSA) is 57.9 Å². The van der Waals surface area contributed by atoms with Gasteiger partial charge in [-0.3, -0.25) is 9.58 Å². The van der Waals surface area contributed by atoms with Gasteiger partial charge in [0.25, 0.3) is 0 Å². The molecule has 1 N–H and O–H groups in total. The van der Waals surface area contributed by atoms with Gasteiger partial charge in [0.05, 0.1) is 25.9 Å². The van der Waals surface area contributed by atoms with Gasteiger partial charge in [0.2, 0.25) is 0 Å². The summed E-state index contributed by atoms with van der Waals surface area (Å²) in [5.41, 5.74) is 3.76. The summed E-state index contributed by atoms with van der Waals surface area (Å²) < 4.78 is 7.83.